The number of hydrogen-bond acceptors (Lipinski definition) is 4. The molecule has 7 heteroatoms. The van der Waals surface area contributed by atoms with Crippen molar-refractivity contribution in [2.75, 3.05) is 31.7 Å². The fourth-order valence-electron chi connectivity index (χ4n) is 2.71. The number of halogens is 1. The first-order valence-corrected chi connectivity index (χ1v) is 8.55. The third-order valence-electron chi connectivity index (χ3n) is 4.12. The summed E-state index contributed by atoms with van der Waals surface area (Å²) in [4.78, 5) is 26.1. The number of morpholine rings is 1. The van der Waals surface area contributed by atoms with Gasteiger partial charge in [0.1, 0.15) is 12.4 Å². The monoisotopic (exact) mass is 374 g/mol. The summed E-state index contributed by atoms with van der Waals surface area (Å²) < 4.78 is 10.7. The number of benzene rings is 2. The first-order valence-electron chi connectivity index (χ1n) is 8.17. The van der Waals surface area contributed by atoms with E-state index in [9.17, 15) is 9.59 Å². The number of carbonyl (C=O) groups excluding carboxylic acids is 2. The van der Waals surface area contributed by atoms with Gasteiger partial charge >= 0.3 is 0 Å². The predicted molar refractivity (Wildman–Crippen MR) is 98.9 cm³/mol. The van der Waals surface area contributed by atoms with Crippen molar-refractivity contribution in [2.24, 2.45) is 0 Å². The first kappa shape index (κ1) is 18.2. The van der Waals surface area contributed by atoms with Gasteiger partial charge in [-0.15, -0.1) is 0 Å². The molecule has 1 aliphatic heterocycles. The van der Waals surface area contributed by atoms with Crippen LogP contribution in [0, 0.1) is 0 Å². The maximum Gasteiger partial charge on any atom is 0.253 e. The summed E-state index contributed by atoms with van der Waals surface area (Å²) in [6, 6.07) is 14.1. The Bertz CT molecular complexity index is 794. The van der Waals surface area contributed by atoms with E-state index in [1.54, 1.807) is 48.4 Å². The van der Waals surface area contributed by atoms with Crippen molar-refractivity contribution in [3.05, 3.63) is 59.1 Å². The van der Waals surface area contributed by atoms with E-state index in [0.29, 0.717) is 17.1 Å². The third kappa shape index (κ3) is 4.15. The molecule has 6 nitrogen and oxygen atoms in total. The highest BCUT2D eigenvalue weighted by Crippen LogP contribution is 2.22. The molecule has 0 bridgehead atoms. The molecule has 2 aromatic rings. The lowest BCUT2D eigenvalue weighted by molar-refractivity contribution is -0.129. The smallest absolute Gasteiger partial charge is 0.253 e. The molecule has 2 aromatic carbocycles. The highest BCUT2D eigenvalue weighted by Gasteiger charge is 2.28. The molecule has 3 rings (SSSR count). The summed E-state index contributed by atoms with van der Waals surface area (Å²) in [5.74, 6) is 0.328. The van der Waals surface area contributed by atoms with Crippen LogP contribution in [0.1, 0.15) is 10.4 Å². The Morgan fingerprint density at radius 2 is 2.00 bits per heavy atom. The number of amides is 2. The van der Waals surface area contributed by atoms with Crippen molar-refractivity contribution in [3.63, 3.8) is 0 Å². The lowest BCUT2D eigenvalue weighted by Crippen LogP contribution is -2.50. The second kappa shape index (κ2) is 8.21. The molecule has 0 radical (unpaired) electrons. The minimum Gasteiger partial charge on any atom is -0.497 e. The zero-order chi connectivity index (χ0) is 18.5. The van der Waals surface area contributed by atoms with Crippen LogP contribution in [0.4, 0.5) is 5.69 Å². The second-order valence-corrected chi connectivity index (χ2v) is 6.23. The number of methoxy groups -OCH3 is 1. The van der Waals surface area contributed by atoms with Crippen molar-refractivity contribution in [1.29, 1.82) is 0 Å². The topological polar surface area (TPSA) is 67.9 Å². The molecular formula is C19H19ClN2O4. The lowest BCUT2D eigenvalue weighted by atomic mass is 10.2. The van der Waals surface area contributed by atoms with Gasteiger partial charge in [-0.3, -0.25) is 9.59 Å². The zero-order valence-electron chi connectivity index (χ0n) is 14.3. The highest BCUT2D eigenvalue weighted by molar-refractivity contribution is 6.33. The van der Waals surface area contributed by atoms with Crippen LogP contribution in [-0.2, 0) is 9.53 Å². The molecule has 0 spiro atoms. The Labute approximate surface area is 156 Å². The molecule has 1 atom stereocenters. The maximum atomic E-state index is 12.2. The predicted octanol–water partition coefficient (Wildman–Crippen LogP) is 2.51. The van der Waals surface area contributed by atoms with E-state index in [4.69, 9.17) is 21.1 Å². The third-order valence-corrected chi connectivity index (χ3v) is 4.45. The zero-order valence-corrected chi connectivity index (χ0v) is 15.0. The largest absolute Gasteiger partial charge is 0.497 e. The fourth-order valence-corrected chi connectivity index (χ4v) is 2.93. The van der Waals surface area contributed by atoms with E-state index in [-0.39, 0.29) is 31.1 Å². The van der Waals surface area contributed by atoms with Gasteiger partial charge in [0.15, 0.2) is 0 Å². The Kier molecular flexibility index (Phi) is 5.75. The molecular weight excluding hydrogens is 356 g/mol. The molecule has 136 valence electrons. The molecule has 1 unspecified atom stereocenters. The van der Waals surface area contributed by atoms with Crippen LogP contribution in [0.2, 0.25) is 5.02 Å². The normalized spacial score (nSPS) is 17.1. The minimum atomic E-state index is -0.304. The van der Waals surface area contributed by atoms with Crippen LogP contribution in [-0.4, -0.2) is 44.7 Å². The van der Waals surface area contributed by atoms with Gasteiger partial charge in [0.2, 0.25) is 0 Å². The molecule has 0 aliphatic carbocycles. The van der Waals surface area contributed by atoms with Crippen LogP contribution >= 0.6 is 11.6 Å². The highest BCUT2D eigenvalue weighted by atomic mass is 35.5. The Balaban J connectivity index is 1.61. The van der Waals surface area contributed by atoms with Crippen molar-refractivity contribution in [3.8, 4) is 5.75 Å². The minimum absolute atomic E-state index is 0.0291. The van der Waals surface area contributed by atoms with Gasteiger partial charge in [0.25, 0.3) is 11.8 Å². The number of hydrogen-bond donors (Lipinski definition) is 1. The van der Waals surface area contributed by atoms with E-state index < -0.39 is 0 Å². The fraction of sp³-hybridized carbons (Fsp3) is 0.263. The van der Waals surface area contributed by atoms with Gasteiger partial charge in [-0.25, -0.2) is 0 Å². The summed E-state index contributed by atoms with van der Waals surface area (Å²) in [6.45, 7) is 0.608. The SMILES string of the molecule is COc1ccc(N2CC(CNC(=O)c3ccccc3Cl)OCC2=O)cc1. The molecule has 1 heterocycles. The summed E-state index contributed by atoms with van der Waals surface area (Å²) in [6.07, 6.45) is -0.304. The number of anilines is 1. The van der Waals surface area contributed by atoms with Crippen LogP contribution in [0.15, 0.2) is 48.5 Å². The number of ether oxygens (including phenoxy) is 2. The second-order valence-electron chi connectivity index (χ2n) is 5.83. The van der Waals surface area contributed by atoms with E-state index in [1.165, 1.54) is 0 Å². The Hall–Kier alpha value is -2.57. The molecule has 0 saturated carbocycles. The van der Waals surface area contributed by atoms with E-state index in [0.717, 1.165) is 11.4 Å². The summed E-state index contributed by atoms with van der Waals surface area (Å²) >= 11 is 6.03. The first-order chi connectivity index (χ1) is 12.6. The Morgan fingerprint density at radius 1 is 1.27 bits per heavy atom. The van der Waals surface area contributed by atoms with Gasteiger partial charge in [-0.2, -0.15) is 0 Å². The maximum absolute atomic E-state index is 12.2. The van der Waals surface area contributed by atoms with Crippen LogP contribution in [0.5, 0.6) is 5.75 Å². The Morgan fingerprint density at radius 3 is 2.69 bits per heavy atom. The molecule has 0 aromatic heterocycles. The average Bonchev–Trinajstić information content (AvgIpc) is 2.67. The van der Waals surface area contributed by atoms with Gasteiger partial charge < -0.3 is 19.7 Å². The molecule has 1 saturated heterocycles. The summed E-state index contributed by atoms with van der Waals surface area (Å²) in [5.41, 5.74) is 1.18. The van der Waals surface area contributed by atoms with Crippen molar-refractivity contribution in [1.82, 2.24) is 5.32 Å². The lowest BCUT2D eigenvalue weighted by Gasteiger charge is -2.33. The van der Waals surface area contributed by atoms with Crippen molar-refractivity contribution >= 4 is 29.1 Å². The standard InChI is InChI=1S/C19H19ClN2O4/c1-25-14-8-6-13(7-9-14)22-11-15(26-12-18(22)23)10-21-19(24)16-4-2-3-5-17(16)20/h2-9,15H,10-12H2,1H3,(H,21,24). The van der Waals surface area contributed by atoms with E-state index >= 15 is 0 Å². The molecule has 1 N–H and O–H groups in total. The molecule has 1 aliphatic rings. The van der Waals surface area contributed by atoms with Gasteiger partial charge in [-0.1, -0.05) is 23.7 Å². The number of nitrogens with one attached hydrogen (secondary N) is 1. The average molecular weight is 375 g/mol. The summed E-state index contributed by atoms with van der Waals surface area (Å²) in [7, 11) is 1.59. The van der Waals surface area contributed by atoms with Crippen molar-refractivity contribution < 1.29 is 19.1 Å². The molecule has 2 amide bonds. The number of nitrogens with zero attached hydrogens (tertiary/aromatic N) is 1. The van der Waals surface area contributed by atoms with Gasteiger partial charge in [0.05, 0.1) is 30.3 Å². The molecule has 26 heavy (non-hydrogen) atoms. The quantitative estimate of drug-likeness (QED) is 0.873. The van der Waals surface area contributed by atoms with Crippen LogP contribution in [0.25, 0.3) is 0 Å². The molecule has 1 fully saturated rings. The van der Waals surface area contributed by atoms with Crippen molar-refractivity contribution in [2.45, 2.75) is 6.10 Å². The van der Waals surface area contributed by atoms with Gasteiger partial charge in [0, 0.05) is 12.2 Å². The van der Waals surface area contributed by atoms with Crippen LogP contribution in [0.3, 0.4) is 0 Å². The van der Waals surface area contributed by atoms with Gasteiger partial charge in [-0.05, 0) is 36.4 Å². The number of carbonyl (C=O) groups is 2. The van der Waals surface area contributed by atoms with E-state index in [2.05, 4.69) is 5.32 Å². The summed E-state index contributed by atoms with van der Waals surface area (Å²) in [5, 5.41) is 3.20. The number of rotatable bonds is 5. The van der Waals surface area contributed by atoms with Crippen LogP contribution < -0.4 is 15.0 Å². The van der Waals surface area contributed by atoms with E-state index in [1.807, 2.05) is 12.1 Å².